The molecule has 2 fully saturated rings. The van der Waals surface area contributed by atoms with Crippen LogP contribution in [0.15, 0.2) is 0 Å². The molecule has 2 atom stereocenters. The fraction of sp³-hybridized carbons (Fsp3) is 1.00. The van der Waals surface area contributed by atoms with Crippen molar-refractivity contribution in [2.24, 2.45) is 0 Å². The molecule has 0 bridgehead atoms. The normalized spacial score (nSPS) is 41.7. The van der Waals surface area contributed by atoms with Crippen LogP contribution in [0.5, 0.6) is 0 Å². The smallest absolute Gasteiger partial charge is 0.0923 e. The molecule has 1 saturated carbocycles. The van der Waals surface area contributed by atoms with Crippen LogP contribution in [0.3, 0.4) is 0 Å². The minimum atomic E-state index is -1.86. The molecule has 0 aromatic rings. The molecular weight excluding hydrogens is 171 g/mol. The quantitative estimate of drug-likeness (QED) is 0.467. The Bertz CT molecular complexity index is 227. The van der Waals surface area contributed by atoms with E-state index in [1.54, 1.807) is 0 Å². The van der Waals surface area contributed by atoms with Gasteiger partial charge in [-0.25, -0.2) is 0 Å². The zero-order chi connectivity index (χ0) is 8.82. The van der Waals surface area contributed by atoms with E-state index in [4.69, 9.17) is 4.74 Å². The minimum absolute atomic E-state index is 0.185. The molecule has 12 heavy (non-hydrogen) atoms. The monoisotopic (exact) mass is 188 g/mol. The summed E-state index contributed by atoms with van der Waals surface area (Å²) in [6.45, 7) is 4.75. The van der Waals surface area contributed by atoms with Gasteiger partial charge in [-0.1, -0.05) is 0 Å². The summed E-state index contributed by atoms with van der Waals surface area (Å²) in [5.41, 5.74) is 0.624. The fourth-order valence-electron chi connectivity index (χ4n) is 2.19. The van der Waals surface area contributed by atoms with Crippen LogP contribution in [-0.4, -0.2) is 31.2 Å². The third-order valence-electron chi connectivity index (χ3n) is 3.21. The maximum Gasteiger partial charge on any atom is 0.0923 e. The molecule has 0 aromatic heterocycles. The predicted octanol–water partition coefficient (Wildman–Crippen LogP) is 2.32. The van der Waals surface area contributed by atoms with Gasteiger partial charge < -0.3 is 9.30 Å². The molecule has 2 nitrogen and oxygen atoms in total. The van der Waals surface area contributed by atoms with Gasteiger partial charge in [0.15, 0.2) is 0 Å². The Hall–Kier alpha value is 0.190. The van der Waals surface area contributed by atoms with Crippen LogP contribution < -0.4 is 0 Å². The number of hydrogen-bond donors (Lipinski definition) is 0. The Labute approximate surface area is 74.1 Å². The molecule has 0 aromatic carbocycles. The number of ether oxygens (including phenoxy) is 1. The van der Waals surface area contributed by atoms with Gasteiger partial charge in [0.1, 0.15) is 0 Å². The lowest BCUT2D eigenvalue weighted by atomic mass is 9.89. The van der Waals surface area contributed by atoms with E-state index in [1.165, 1.54) is 12.8 Å². The van der Waals surface area contributed by atoms with E-state index < -0.39 is 7.14 Å². The largest absolute Gasteiger partial charge is 0.370 e. The molecule has 0 radical (unpaired) electrons. The first-order valence-corrected chi connectivity index (χ1v) is 7.38. The molecule has 0 N–H and O–H groups in total. The van der Waals surface area contributed by atoms with Crippen LogP contribution in [0, 0.1) is 0 Å². The van der Waals surface area contributed by atoms with Crippen molar-refractivity contribution in [2.45, 2.75) is 36.9 Å². The van der Waals surface area contributed by atoms with Crippen LogP contribution >= 0.6 is 7.14 Å². The van der Waals surface area contributed by atoms with Crippen LogP contribution in [0.25, 0.3) is 0 Å². The second-order valence-corrected chi connectivity index (χ2v) is 8.25. The van der Waals surface area contributed by atoms with Gasteiger partial charge in [-0.05, 0) is 39.0 Å². The van der Waals surface area contributed by atoms with E-state index in [0.717, 1.165) is 19.4 Å². The van der Waals surface area contributed by atoms with Crippen LogP contribution in [0.1, 0.15) is 25.7 Å². The summed E-state index contributed by atoms with van der Waals surface area (Å²) in [5, 5.41) is 0. The van der Waals surface area contributed by atoms with Crippen LogP contribution in [-0.2, 0) is 9.30 Å². The lowest BCUT2D eigenvalue weighted by Crippen LogP contribution is -2.26. The van der Waals surface area contributed by atoms with Crippen molar-refractivity contribution < 1.29 is 9.30 Å². The van der Waals surface area contributed by atoms with Crippen molar-refractivity contribution in [3.05, 3.63) is 0 Å². The van der Waals surface area contributed by atoms with E-state index in [1.807, 2.05) is 13.3 Å². The van der Waals surface area contributed by atoms with Crippen molar-refractivity contribution in [1.29, 1.82) is 0 Å². The number of hydrogen-bond acceptors (Lipinski definition) is 2. The topological polar surface area (TPSA) is 29.6 Å². The summed E-state index contributed by atoms with van der Waals surface area (Å²) in [7, 11) is -1.86. The third kappa shape index (κ3) is 1.60. The maximum absolute atomic E-state index is 11.8. The van der Waals surface area contributed by atoms with Gasteiger partial charge in [0.25, 0.3) is 0 Å². The van der Waals surface area contributed by atoms with Gasteiger partial charge in [-0.3, -0.25) is 0 Å². The van der Waals surface area contributed by atoms with Crippen LogP contribution in [0.4, 0.5) is 0 Å². The van der Waals surface area contributed by atoms with Gasteiger partial charge in [-0.2, -0.15) is 0 Å². The Morgan fingerprint density at radius 2 is 2.17 bits per heavy atom. The molecule has 1 heterocycles. The molecule has 2 aliphatic rings. The standard InChI is InChI=1S/C9H17O2P/c1-12(2,10)8-4-3-5-9(6-8)7-11-9/h8H,3-7H2,1-2H3. The fourth-order valence-corrected chi connectivity index (χ4v) is 3.77. The number of epoxide rings is 1. The van der Waals surface area contributed by atoms with Gasteiger partial charge in [0.2, 0.25) is 0 Å². The minimum Gasteiger partial charge on any atom is -0.370 e. The lowest BCUT2D eigenvalue weighted by Gasteiger charge is -2.29. The highest BCUT2D eigenvalue weighted by Crippen LogP contribution is 2.54. The molecule has 1 spiro atoms. The highest BCUT2D eigenvalue weighted by molar-refractivity contribution is 7.63. The SMILES string of the molecule is CP(C)(=O)C1CCCC2(CO2)C1. The molecule has 2 rings (SSSR count). The molecule has 0 amide bonds. The Kier molecular flexibility index (Phi) is 1.89. The zero-order valence-corrected chi connectivity index (χ0v) is 8.77. The van der Waals surface area contributed by atoms with E-state index in [0.29, 0.717) is 5.66 Å². The first-order valence-electron chi connectivity index (χ1n) is 4.71. The summed E-state index contributed by atoms with van der Waals surface area (Å²) in [6, 6.07) is 0. The average Bonchev–Trinajstić information content (AvgIpc) is 2.68. The van der Waals surface area contributed by atoms with Crippen molar-refractivity contribution in [3.63, 3.8) is 0 Å². The molecule has 3 heteroatoms. The third-order valence-corrected chi connectivity index (χ3v) is 5.41. The van der Waals surface area contributed by atoms with Gasteiger partial charge >= 0.3 is 0 Å². The van der Waals surface area contributed by atoms with Crippen molar-refractivity contribution >= 4 is 7.14 Å². The van der Waals surface area contributed by atoms with E-state index in [2.05, 4.69) is 0 Å². The Morgan fingerprint density at radius 3 is 2.67 bits per heavy atom. The summed E-state index contributed by atoms with van der Waals surface area (Å²) in [4.78, 5) is 0. The van der Waals surface area contributed by atoms with E-state index >= 15 is 0 Å². The van der Waals surface area contributed by atoms with Gasteiger partial charge in [-0.15, -0.1) is 0 Å². The first kappa shape index (κ1) is 8.77. The highest BCUT2D eigenvalue weighted by Gasteiger charge is 2.49. The van der Waals surface area contributed by atoms with E-state index in [-0.39, 0.29) is 5.60 Å². The number of rotatable bonds is 1. The molecule has 1 aliphatic carbocycles. The summed E-state index contributed by atoms with van der Waals surface area (Å²) in [6.07, 6.45) is 4.60. The Balaban J connectivity index is 2.04. The molecule has 2 unspecified atom stereocenters. The maximum atomic E-state index is 11.8. The summed E-state index contributed by atoms with van der Waals surface area (Å²) < 4.78 is 17.3. The lowest BCUT2D eigenvalue weighted by molar-refractivity contribution is 0.238. The summed E-state index contributed by atoms with van der Waals surface area (Å²) in [5.74, 6) is 0. The second kappa shape index (κ2) is 2.59. The van der Waals surface area contributed by atoms with Crippen molar-refractivity contribution in [3.8, 4) is 0 Å². The van der Waals surface area contributed by atoms with Gasteiger partial charge in [0, 0.05) is 5.66 Å². The Morgan fingerprint density at radius 1 is 1.50 bits per heavy atom. The second-order valence-electron chi connectivity index (χ2n) is 4.66. The van der Waals surface area contributed by atoms with Crippen molar-refractivity contribution in [1.82, 2.24) is 0 Å². The van der Waals surface area contributed by atoms with Crippen LogP contribution in [0.2, 0.25) is 0 Å². The van der Waals surface area contributed by atoms with Crippen molar-refractivity contribution in [2.75, 3.05) is 19.9 Å². The van der Waals surface area contributed by atoms with E-state index in [9.17, 15) is 4.57 Å². The summed E-state index contributed by atoms with van der Waals surface area (Å²) >= 11 is 0. The molecule has 70 valence electrons. The first-order chi connectivity index (χ1) is 5.52. The molecule has 1 aliphatic heterocycles. The molecular formula is C9H17O2P. The van der Waals surface area contributed by atoms with Gasteiger partial charge in [0.05, 0.1) is 19.3 Å². The molecule has 1 saturated heterocycles. The highest BCUT2D eigenvalue weighted by atomic mass is 31.2. The average molecular weight is 188 g/mol. The zero-order valence-electron chi connectivity index (χ0n) is 7.88. The predicted molar refractivity (Wildman–Crippen MR) is 50.4 cm³/mol.